The molecule has 0 aliphatic heterocycles. The van der Waals surface area contributed by atoms with E-state index in [2.05, 4.69) is 13.0 Å². The van der Waals surface area contributed by atoms with Crippen molar-refractivity contribution in [2.24, 2.45) is 5.73 Å². The van der Waals surface area contributed by atoms with Crippen molar-refractivity contribution in [2.75, 3.05) is 7.05 Å². The molecule has 0 bridgehead atoms. The molecule has 2 N–H and O–H groups in total. The van der Waals surface area contributed by atoms with Crippen LogP contribution < -0.4 is 5.73 Å². The topological polar surface area (TPSA) is 46.3 Å². The number of amides is 1. The summed E-state index contributed by atoms with van der Waals surface area (Å²) in [5, 5.41) is 2.04. The lowest BCUT2D eigenvalue weighted by Gasteiger charge is -2.32. The minimum atomic E-state index is -0.611. The van der Waals surface area contributed by atoms with E-state index in [9.17, 15) is 4.79 Å². The summed E-state index contributed by atoms with van der Waals surface area (Å²) in [5.41, 5.74) is 5.60. The lowest BCUT2D eigenvalue weighted by molar-refractivity contribution is -0.137. The van der Waals surface area contributed by atoms with Crippen LogP contribution in [0.5, 0.6) is 0 Å². The third-order valence-electron chi connectivity index (χ3n) is 3.78. The maximum atomic E-state index is 12.4. The van der Waals surface area contributed by atoms with Crippen molar-refractivity contribution in [3.8, 4) is 0 Å². The molecule has 1 fully saturated rings. The van der Waals surface area contributed by atoms with Gasteiger partial charge in [-0.3, -0.25) is 4.79 Å². The van der Waals surface area contributed by atoms with Gasteiger partial charge in [-0.15, -0.1) is 11.3 Å². The predicted molar refractivity (Wildman–Crippen MR) is 70.9 cm³/mol. The minimum absolute atomic E-state index is 0.0934. The number of thiophene rings is 1. The van der Waals surface area contributed by atoms with Crippen LogP contribution in [0.15, 0.2) is 17.5 Å². The fourth-order valence-corrected chi connectivity index (χ4v) is 3.29. The van der Waals surface area contributed by atoms with Crippen LogP contribution >= 0.6 is 11.3 Å². The van der Waals surface area contributed by atoms with Gasteiger partial charge in [-0.05, 0) is 31.2 Å². The summed E-state index contributed by atoms with van der Waals surface area (Å²) < 4.78 is 0. The highest BCUT2D eigenvalue weighted by Gasteiger charge is 2.40. The molecule has 0 aromatic carbocycles. The van der Waals surface area contributed by atoms with Crippen molar-refractivity contribution in [3.63, 3.8) is 0 Å². The van der Waals surface area contributed by atoms with Crippen LogP contribution in [0.4, 0.5) is 0 Å². The number of nitrogens with zero attached hydrogens (tertiary/aromatic N) is 1. The molecular formula is C13H20N2OS. The Hall–Kier alpha value is -0.870. The SMILES string of the molecule is CC(c1cccs1)N(C)C(=O)C1(N)CCCC1. The molecule has 1 saturated carbocycles. The predicted octanol–water partition coefficient (Wildman–Crippen LogP) is 2.54. The Morgan fingerprint density at radius 1 is 1.53 bits per heavy atom. The molecule has 1 atom stereocenters. The van der Waals surface area contributed by atoms with Crippen molar-refractivity contribution in [1.82, 2.24) is 4.90 Å². The second-order valence-electron chi connectivity index (χ2n) is 4.97. The Labute approximate surface area is 107 Å². The Balaban J connectivity index is 2.09. The highest BCUT2D eigenvalue weighted by molar-refractivity contribution is 7.10. The molecule has 1 heterocycles. The van der Waals surface area contributed by atoms with Crippen LogP contribution in [0.25, 0.3) is 0 Å². The number of hydrogen-bond donors (Lipinski definition) is 1. The Morgan fingerprint density at radius 3 is 2.71 bits per heavy atom. The summed E-state index contributed by atoms with van der Waals surface area (Å²) in [6.07, 6.45) is 3.80. The van der Waals surface area contributed by atoms with Crippen molar-refractivity contribution in [2.45, 2.75) is 44.2 Å². The minimum Gasteiger partial charge on any atom is -0.337 e. The Morgan fingerprint density at radius 2 is 2.18 bits per heavy atom. The smallest absolute Gasteiger partial charge is 0.242 e. The second-order valence-corrected chi connectivity index (χ2v) is 5.95. The first-order valence-corrected chi connectivity index (χ1v) is 7.02. The van der Waals surface area contributed by atoms with E-state index in [-0.39, 0.29) is 11.9 Å². The highest BCUT2D eigenvalue weighted by atomic mass is 32.1. The van der Waals surface area contributed by atoms with E-state index in [1.165, 1.54) is 4.88 Å². The number of hydrogen-bond acceptors (Lipinski definition) is 3. The number of carbonyl (C=O) groups excluding carboxylic acids is 1. The molecule has 1 aliphatic rings. The summed E-state index contributed by atoms with van der Waals surface area (Å²) >= 11 is 1.68. The monoisotopic (exact) mass is 252 g/mol. The van der Waals surface area contributed by atoms with Gasteiger partial charge in [-0.1, -0.05) is 18.9 Å². The average Bonchev–Trinajstić information content (AvgIpc) is 2.97. The standard InChI is InChI=1S/C13H20N2OS/c1-10(11-6-5-9-17-11)15(2)12(16)13(14)7-3-4-8-13/h5-6,9-10H,3-4,7-8,14H2,1-2H3. The first kappa shape index (κ1) is 12.6. The van der Waals surface area contributed by atoms with Gasteiger partial charge in [0.05, 0.1) is 11.6 Å². The molecule has 1 aromatic heterocycles. The number of likely N-dealkylation sites (N-methyl/N-ethyl adjacent to an activating group) is 1. The number of nitrogens with two attached hydrogens (primary N) is 1. The zero-order chi connectivity index (χ0) is 12.5. The molecule has 3 nitrogen and oxygen atoms in total. The highest BCUT2D eigenvalue weighted by Crippen LogP contribution is 2.32. The molecule has 1 aromatic rings. The summed E-state index contributed by atoms with van der Waals surface area (Å²) in [4.78, 5) is 15.4. The van der Waals surface area contributed by atoms with Gasteiger partial charge in [0.15, 0.2) is 0 Å². The first-order chi connectivity index (χ1) is 8.04. The Bertz CT molecular complexity index is 382. The van der Waals surface area contributed by atoms with Crippen molar-refractivity contribution in [1.29, 1.82) is 0 Å². The lowest BCUT2D eigenvalue weighted by atomic mass is 9.96. The van der Waals surface area contributed by atoms with E-state index in [0.717, 1.165) is 25.7 Å². The fourth-order valence-electron chi connectivity index (χ4n) is 2.47. The Kier molecular flexibility index (Phi) is 3.54. The van der Waals surface area contributed by atoms with Crippen LogP contribution in [0.1, 0.15) is 43.5 Å². The van der Waals surface area contributed by atoms with E-state index in [1.54, 1.807) is 16.2 Å². The van der Waals surface area contributed by atoms with E-state index in [1.807, 2.05) is 18.5 Å². The van der Waals surface area contributed by atoms with Gasteiger partial charge < -0.3 is 10.6 Å². The van der Waals surface area contributed by atoms with Crippen LogP contribution in [0.2, 0.25) is 0 Å². The van der Waals surface area contributed by atoms with Crippen molar-refractivity contribution in [3.05, 3.63) is 22.4 Å². The third-order valence-corrected chi connectivity index (χ3v) is 4.82. The van der Waals surface area contributed by atoms with Crippen molar-refractivity contribution >= 4 is 17.2 Å². The first-order valence-electron chi connectivity index (χ1n) is 6.14. The van der Waals surface area contributed by atoms with E-state index < -0.39 is 5.54 Å². The fraction of sp³-hybridized carbons (Fsp3) is 0.615. The van der Waals surface area contributed by atoms with E-state index in [0.29, 0.717) is 0 Å². The summed E-state index contributed by atoms with van der Waals surface area (Å²) in [5.74, 6) is 0.0934. The molecular weight excluding hydrogens is 232 g/mol. The number of carbonyl (C=O) groups is 1. The third kappa shape index (κ3) is 2.38. The van der Waals surface area contributed by atoms with Gasteiger partial charge >= 0.3 is 0 Å². The molecule has 2 rings (SSSR count). The molecule has 1 amide bonds. The molecule has 1 aliphatic carbocycles. The summed E-state index contributed by atoms with van der Waals surface area (Å²) in [6.45, 7) is 2.06. The normalized spacial score (nSPS) is 20.2. The number of rotatable bonds is 3. The molecule has 0 saturated heterocycles. The molecule has 4 heteroatoms. The zero-order valence-electron chi connectivity index (χ0n) is 10.5. The molecule has 17 heavy (non-hydrogen) atoms. The largest absolute Gasteiger partial charge is 0.337 e. The van der Waals surface area contributed by atoms with Gasteiger partial charge in [0, 0.05) is 11.9 Å². The van der Waals surface area contributed by atoms with Crippen LogP contribution in [0.3, 0.4) is 0 Å². The van der Waals surface area contributed by atoms with Crippen LogP contribution in [-0.2, 0) is 4.79 Å². The molecule has 0 radical (unpaired) electrons. The van der Waals surface area contributed by atoms with E-state index in [4.69, 9.17) is 5.73 Å². The van der Waals surface area contributed by atoms with Crippen LogP contribution in [0, 0.1) is 0 Å². The quantitative estimate of drug-likeness (QED) is 0.898. The van der Waals surface area contributed by atoms with Crippen molar-refractivity contribution < 1.29 is 4.79 Å². The van der Waals surface area contributed by atoms with E-state index >= 15 is 0 Å². The van der Waals surface area contributed by atoms with Crippen LogP contribution in [-0.4, -0.2) is 23.4 Å². The summed E-state index contributed by atoms with van der Waals surface area (Å²) in [7, 11) is 1.86. The molecule has 1 unspecified atom stereocenters. The molecule has 94 valence electrons. The molecule has 0 spiro atoms. The lowest BCUT2D eigenvalue weighted by Crippen LogP contribution is -2.52. The van der Waals surface area contributed by atoms with Gasteiger partial charge in [-0.2, -0.15) is 0 Å². The zero-order valence-corrected chi connectivity index (χ0v) is 11.3. The van der Waals surface area contributed by atoms with Gasteiger partial charge in [0.25, 0.3) is 0 Å². The second kappa shape index (κ2) is 4.78. The maximum Gasteiger partial charge on any atom is 0.242 e. The maximum absolute atomic E-state index is 12.4. The van der Waals surface area contributed by atoms with Gasteiger partial charge in [-0.25, -0.2) is 0 Å². The van der Waals surface area contributed by atoms with Gasteiger partial charge in [0.2, 0.25) is 5.91 Å². The van der Waals surface area contributed by atoms with Gasteiger partial charge in [0.1, 0.15) is 0 Å². The average molecular weight is 252 g/mol. The summed E-state index contributed by atoms with van der Waals surface area (Å²) in [6, 6.07) is 4.20.